The minimum Gasteiger partial charge on any atom is -0.497 e. The Balaban J connectivity index is 1.24. The Morgan fingerprint density at radius 2 is 1.66 bits per heavy atom. The molecule has 0 saturated carbocycles. The van der Waals surface area contributed by atoms with Crippen LogP contribution in [0.5, 0.6) is 5.75 Å². The van der Waals surface area contributed by atoms with E-state index in [9.17, 15) is 14.4 Å². The first kappa shape index (κ1) is 40.7. The van der Waals surface area contributed by atoms with E-state index in [0.29, 0.717) is 42.6 Å². The smallest absolute Gasteiger partial charge is 0.405 e. The third-order valence-corrected chi connectivity index (χ3v) is 9.80. The number of nitrogens with one attached hydrogen (secondary N) is 2. The van der Waals surface area contributed by atoms with Gasteiger partial charge in [-0.25, -0.2) is 14.8 Å². The molecule has 0 bridgehead atoms. The summed E-state index contributed by atoms with van der Waals surface area (Å²) < 4.78 is 20.0. The summed E-state index contributed by atoms with van der Waals surface area (Å²) in [4.78, 5) is 53.5. The van der Waals surface area contributed by atoms with Crippen molar-refractivity contribution in [2.24, 2.45) is 12.8 Å². The van der Waals surface area contributed by atoms with Gasteiger partial charge in [-0.1, -0.05) is 59.8 Å². The number of nitrogens with two attached hydrogens (primary N) is 2. The number of aromatic nitrogens is 6. The van der Waals surface area contributed by atoms with Crippen LogP contribution in [0.3, 0.4) is 0 Å². The van der Waals surface area contributed by atoms with Crippen LogP contribution in [0.25, 0.3) is 11.1 Å². The van der Waals surface area contributed by atoms with Crippen molar-refractivity contribution >= 4 is 23.9 Å². The molecule has 0 aliphatic rings. The van der Waals surface area contributed by atoms with Crippen LogP contribution in [0, 0.1) is 13.8 Å². The van der Waals surface area contributed by atoms with Crippen molar-refractivity contribution < 1.29 is 28.4 Å². The van der Waals surface area contributed by atoms with Gasteiger partial charge in [-0.15, -0.1) is 0 Å². The molecular formula is C42H48N10O6. The molecule has 3 aromatic heterocycles. The highest BCUT2D eigenvalue weighted by Crippen LogP contribution is 2.25. The van der Waals surface area contributed by atoms with Crippen LogP contribution >= 0.6 is 0 Å². The Bertz CT molecular complexity index is 2290. The number of hydrogen-bond donors (Lipinski definition) is 4. The van der Waals surface area contributed by atoms with E-state index in [1.165, 1.54) is 0 Å². The number of anilines is 1. The number of ether oxygens (including phenoxy) is 2. The molecule has 0 fully saturated rings. The number of methoxy groups -OCH3 is 1. The van der Waals surface area contributed by atoms with Crippen molar-refractivity contribution in [3.05, 3.63) is 131 Å². The van der Waals surface area contributed by atoms with E-state index < -0.39 is 36.1 Å². The van der Waals surface area contributed by atoms with Crippen molar-refractivity contribution in [2.75, 3.05) is 12.8 Å². The number of primary amides is 1. The number of nitrogen functional groups attached to an aromatic ring is 1. The van der Waals surface area contributed by atoms with Gasteiger partial charge in [-0.2, -0.15) is 4.98 Å². The summed E-state index contributed by atoms with van der Waals surface area (Å²) >= 11 is 0. The van der Waals surface area contributed by atoms with E-state index in [-0.39, 0.29) is 25.2 Å². The van der Waals surface area contributed by atoms with Gasteiger partial charge in [0, 0.05) is 51.4 Å². The van der Waals surface area contributed by atoms with Gasteiger partial charge < -0.3 is 45.2 Å². The molecule has 0 radical (unpaired) electrons. The second kappa shape index (κ2) is 18.8. The summed E-state index contributed by atoms with van der Waals surface area (Å²) in [6, 6.07) is 20.0. The topological polar surface area (TPSA) is 220 Å². The number of benzene rings is 3. The molecule has 6 rings (SSSR count). The van der Waals surface area contributed by atoms with E-state index in [4.69, 9.17) is 30.4 Å². The van der Waals surface area contributed by atoms with Gasteiger partial charge in [-0.3, -0.25) is 9.59 Å². The van der Waals surface area contributed by atoms with Gasteiger partial charge >= 0.3 is 6.09 Å². The van der Waals surface area contributed by atoms with Gasteiger partial charge in [0.2, 0.25) is 11.8 Å². The zero-order chi connectivity index (χ0) is 41.2. The monoisotopic (exact) mass is 788 g/mol. The van der Waals surface area contributed by atoms with Gasteiger partial charge in [0.25, 0.3) is 5.91 Å². The van der Waals surface area contributed by atoms with Gasteiger partial charge in [-0.05, 0) is 72.2 Å². The highest BCUT2D eigenvalue weighted by Gasteiger charge is 2.32. The molecule has 6 N–H and O–H groups in total. The lowest BCUT2D eigenvalue weighted by Crippen LogP contribution is -2.52. The largest absolute Gasteiger partial charge is 0.497 e. The fraction of sp³-hybridized carbons (Fsp3) is 0.310. The van der Waals surface area contributed by atoms with Crippen molar-refractivity contribution in [1.29, 1.82) is 0 Å². The quantitative estimate of drug-likeness (QED) is 0.0947. The minimum absolute atomic E-state index is 0.0957. The molecule has 302 valence electrons. The molecule has 3 amide bonds. The van der Waals surface area contributed by atoms with E-state index in [0.717, 1.165) is 33.4 Å². The van der Waals surface area contributed by atoms with Crippen LogP contribution in [0.2, 0.25) is 0 Å². The summed E-state index contributed by atoms with van der Waals surface area (Å²) in [6.07, 6.45) is 5.54. The first-order chi connectivity index (χ1) is 27.9. The average Bonchev–Trinajstić information content (AvgIpc) is 3.96. The third kappa shape index (κ3) is 10.7. The van der Waals surface area contributed by atoms with Crippen molar-refractivity contribution in [2.45, 2.75) is 70.7 Å². The molecule has 0 aliphatic carbocycles. The summed E-state index contributed by atoms with van der Waals surface area (Å²) in [5.41, 5.74) is 17.7. The number of carbonyl (C=O) groups excluding carboxylic acids is 3. The molecule has 0 aliphatic heterocycles. The SMILES string of the molecule is COc1cc(C)c(C[C@H](NC(=O)[C@@H](CCCn2ccnc2N)OC(N)=O)C(=O)N[C@@H](Cc2cn(C)cn2)c2nc(Cc3ccc(-c4ccccc4)cc3)no2)c(C)c1. The number of carbonyl (C=O) groups is 3. The highest BCUT2D eigenvalue weighted by molar-refractivity contribution is 5.90. The molecule has 3 heterocycles. The second-order valence-corrected chi connectivity index (χ2v) is 14.1. The molecule has 3 atom stereocenters. The maximum atomic E-state index is 14.5. The van der Waals surface area contributed by atoms with Crippen molar-refractivity contribution in [3.8, 4) is 16.9 Å². The van der Waals surface area contributed by atoms with E-state index >= 15 is 0 Å². The molecule has 58 heavy (non-hydrogen) atoms. The number of hydrogen-bond acceptors (Lipinski definition) is 11. The van der Waals surface area contributed by atoms with Crippen LogP contribution in [0.15, 0.2) is 96.2 Å². The first-order valence-electron chi connectivity index (χ1n) is 18.9. The van der Waals surface area contributed by atoms with Crippen molar-refractivity contribution in [3.63, 3.8) is 0 Å². The fourth-order valence-electron chi connectivity index (χ4n) is 6.80. The van der Waals surface area contributed by atoms with Crippen LogP contribution in [0.1, 0.15) is 58.5 Å². The molecule has 0 saturated heterocycles. The van der Waals surface area contributed by atoms with Crippen LogP contribution in [-0.2, 0) is 47.2 Å². The van der Waals surface area contributed by atoms with E-state index in [2.05, 4.69) is 37.9 Å². The predicted octanol–water partition coefficient (Wildman–Crippen LogP) is 4.54. The zero-order valence-electron chi connectivity index (χ0n) is 32.9. The standard InChI is InChI=1S/C42H48N10O6/c1-26-19-32(56-4)20-27(2)33(26)23-34(47-39(54)36(57-42(44)55)11-8-17-52-18-16-45-41(52)43)38(53)48-35(22-31-24-51(3)25-46-31)40-49-37(50-58-40)21-28-12-14-30(15-13-28)29-9-6-5-7-10-29/h5-7,9-10,12-16,18-20,24-25,34-36H,8,11,17,21-23H2,1-4H3,(H2,43,45)(H2,44,55)(H,47,54)(H,48,53)/t34-,35-,36+/m0/s1. The normalized spacial score (nSPS) is 12.7. The minimum atomic E-state index is -1.29. The Hall–Kier alpha value is -6.97. The summed E-state index contributed by atoms with van der Waals surface area (Å²) in [5.74, 6) is 0.341. The maximum absolute atomic E-state index is 14.5. The predicted molar refractivity (Wildman–Crippen MR) is 215 cm³/mol. The lowest BCUT2D eigenvalue weighted by atomic mass is 9.95. The summed E-state index contributed by atoms with van der Waals surface area (Å²) in [6.45, 7) is 4.22. The number of amides is 3. The second-order valence-electron chi connectivity index (χ2n) is 14.1. The van der Waals surface area contributed by atoms with E-state index in [1.54, 1.807) is 35.0 Å². The Morgan fingerprint density at radius 1 is 0.931 bits per heavy atom. The lowest BCUT2D eigenvalue weighted by Gasteiger charge is -2.25. The molecule has 0 unspecified atom stereocenters. The van der Waals surface area contributed by atoms with Crippen LogP contribution in [0.4, 0.5) is 10.7 Å². The first-order valence-corrected chi connectivity index (χ1v) is 18.9. The maximum Gasteiger partial charge on any atom is 0.405 e. The molecule has 6 aromatic rings. The zero-order valence-corrected chi connectivity index (χ0v) is 32.9. The highest BCUT2D eigenvalue weighted by atomic mass is 16.6. The summed E-state index contributed by atoms with van der Waals surface area (Å²) in [7, 11) is 3.43. The summed E-state index contributed by atoms with van der Waals surface area (Å²) in [5, 5.41) is 10.1. The van der Waals surface area contributed by atoms with Gasteiger partial charge in [0.15, 0.2) is 17.9 Å². The fourth-order valence-corrected chi connectivity index (χ4v) is 6.80. The number of imidazole rings is 2. The van der Waals surface area contributed by atoms with Crippen LogP contribution < -0.4 is 26.8 Å². The molecule has 0 spiro atoms. The van der Waals surface area contributed by atoms with E-state index in [1.807, 2.05) is 81.7 Å². The molecule has 16 nitrogen and oxygen atoms in total. The Labute approximate surface area is 336 Å². The van der Waals surface area contributed by atoms with Crippen molar-refractivity contribution in [1.82, 2.24) is 39.9 Å². The van der Waals surface area contributed by atoms with Gasteiger partial charge in [0.1, 0.15) is 17.8 Å². The Morgan fingerprint density at radius 3 is 2.29 bits per heavy atom. The Kier molecular flexibility index (Phi) is 13.2. The van der Waals surface area contributed by atoms with Crippen LogP contribution in [-0.4, -0.2) is 66.4 Å². The number of rotatable bonds is 18. The average molecular weight is 789 g/mol. The number of nitrogens with zero attached hydrogens (tertiary/aromatic N) is 6. The lowest BCUT2D eigenvalue weighted by molar-refractivity contribution is -0.134. The number of aryl methyl sites for hydroxylation is 4. The third-order valence-electron chi connectivity index (χ3n) is 9.80. The van der Waals surface area contributed by atoms with Gasteiger partial charge in [0.05, 0.1) is 19.1 Å². The molecule has 16 heteroatoms. The molecule has 3 aromatic carbocycles. The molecular weight excluding hydrogens is 741 g/mol.